The quantitative estimate of drug-likeness (QED) is 0.730. The van der Waals surface area contributed by atoms with Crippen LogP contribution in [0.3, 0.4) is 0 Å². The molecule has 3 rings (SSSR count). The van der Waals surface area contributed by atoms with E-state index in [9.17, 15) is 9.59 Å². The topological polar surface area (TPSA) is 49.4 Å². The third-order valence-corrected chi connectivity index (χ3v) is 6.42. The summed E-state index contributed by atoms with van der Waals surface area (Å²) in [6, 6.07) is 10.5. The molecule has 0 bridgehead atoms. The SMILES string of the molecule is CCCC(=O)N1CCCC(C(=O)NC(CC2CCCCC2)c2ccccc2)C1. The lowest BCUT2D eigenvalue weighted by atomic mass is 9.83. The molecule has 28 heavy (non-hydrogen) atoms. The third kappa shape index (κ3) is 5.83. The summed E-state index contributed by atoms with van der Waals surface area (Å²) in [6.07, 6.45) is 10.8. The highest BCUT2D eigenvalue weighted by atomic mass is 16.2. The number of piperidine rings is 1. The fourth-order valence-corrected chi connectivity index (χ4v) is 4.80. The van der Waals surface area contributed by atoms with Gasteiger partial charge in [-0.2, -0.15) is 0 Å². The summed E-state index contributed by atoms with van der Waals surface area (Å²) in [5, 5.41) is 3.36. The van der Waals surface area contributed by atoms with Gasteiger partial charge in [-0.05, 0) is 37.2 Å². The minimum Gasteiger partial charge on any atom is -0.349 e. The summed E-state index contributed by atoms with van der Waals surface area (Å²) >= 11 is 0. The van der Waals surface area contributed by atoms with Gasteiger partial charge in [0, 0.05) is 19.5 Å². The molecule has 0 radical (unpaired) electrons. The first-order valence-electron chi connectivity index (χ1n) is 11.3. The van der Waals surface area contributed by atoms with E-state index < -0.39 is 0 Å². The number of benzene rings is 1. The highest BCUT2D eigenvalue weighted by molar-refractivity contribution is 5.81. The van der Waals surface area contributed by atoms with E-state index in [4.69, 9.17) is 0 Å². The van der Waals surface area contributed by atoms with Crippen molar-refractivity contribution >= 4 is 11.8 Å². The highest BCUT2D eigenvalue weighted by Crippen LogP contribution is 2.32. The standard InChI is InChI=1S/C24H36N2O2/c1-2-10-23(27)26-16-9-15-21(18-26)24(28)25-22(20-13-7-4-8-14-20)17-19-11-5-3-6-12-19/h4,7-8,13-14,19,21-22H,2-3,5-6,9-12,15-18H2,1H3,(H,25,28). The van der Waals surface area contributed by atoms with E-state index in [1.807, 2.05) is 17.9 Å². The van der Waals surface area contributed by atoms with Gasteiger partial charge in [0.1, 0.15) is 0 Å². The molecule has 1 heterocycles. The zero-order valence-corrected chi connectivity index (χ0v) is 17.4. The van der Waals surface area contributed by atoms with Crippen molar-refractivity contribution < 1.29 is 9.59 Å². The summed E-state index contributed by atoms with van der Waals surface area (Å²) in [4.78, 5) is 27.3. The first-order chi connectivity index (χ1) is 13.7. The normalized spacial score (nSPS) is 21.9. The van der Waals surface area contributed by atoms with Crippen LogP contribution in [0, 0.1) is 11.8 Å². The zero-order chi connectivity index (χ0) is 19.8. The van der Waals surface area contributed by atoms with Gasteiger partial charge in [-0.25, -0.2) is 0 Å². The van der Waals surface area contributed by atoms with Crippen LogP contribution in [0.4, 0.5) is 0 Å². The number of likely N-dealkylation sites (tertiary alicyclic amines) is 1. The molecule has 1 aliphatic carbocycles. The lowest BCUT2D eigenvalue weighted by Crippen LogP contribution is -2.46. The molecule has 2 aliphatic rings. The molecule has 4 heteroatoms. The molecule has 4 nitrogen and oxygen atoms in total. The van der Waals surface area contributed by atoms with Crippen LogP contribution in [-0.2, 0) is 9.59 Å². The van der Waals surface area contributed by atoms with Gasteiger partial charge in [0.2, 0.25) is 11.8 Å². The number of carbonyl (C=O) groups excluding carboxylic acids is 2. The Morgan fingerprint density at radius 1 is 1.07 bits per heavy atom. The van der Waals surface area contributed by atoms with Crippen LogP contribution in [0.2, 0.25) is 0 Å². The zero-order valence-electron chi connectivity index (χ0n) is 17.4. The number of hydrogen-bond donors (Lipinski definition) is 1. The van der Waals surface area contributed by atoms with Crippen molar-refractivity contribution in [3.63, 3.8) is 0 Å². The predicted octanol–water partition coefficient (Wildman–Crippen LogP) is 4.85. The Morgan fingerprint density at radius 3 is 2.54 bits per heavy atom. The Hall–Kier alpha value is -1.84. The maximum Gasteiger partial charge on any atom is 0.225 e. The Kier molecular flexibility index (Phi) is 7.93. The lowest BCUT2D eigenvalue weighted by Gasteiger charge is -2.34. The fraction of sp³-hybridized carbons (Fsp3) is 0.667. The van der Waals surface area contributed by atoms with E-state index in [0.29, 0.717) is 18.9 Å². The monoisotopic (exact) mass is 384 g/mol. The van der Waals surface area contributed by atoms with E-state index in [0.717, 1.165) is 32.2 Å². The van der Waals surface area contributed by atoms with Crippen LogP contribution in [0.5, 0.6) is 0 Å². The lowest BCUT2D eigenvalue weighted by molar-refractivity contribution is -0.136. The summed E-state index contributed by atoms with van der Waals surface area (Å²) in [5.74, 6) is 0.945. The molecule has 2 amide bonds. The number of carbonyl (C=O) groups is 2. The smallest absolute Gasteiger partial charge is 0.225 e. The van der Waals surface area contributed by atoms with Crippen molar-refractivity contribution in [1.82, 2.24) is 10.2 Å². The Morgan fingerprint density at radius 2 is 1.82 bits per heavy atom. The van der Waals surface area contributed by atoms with Gasteiger partial charge in [0.25, 0.3) is 0 Å². The molecule has 1 aromatic carbocycles. The molecule has 1 N–H and O–H groups in total. The van der Waals surface area contributed by atoms with E-state index >= 15 is 0 Å². The molecule has 0 spiro atoms. The molecule has 0 aromatic heterocycles. The number of nitrogens with one attached hydrogen (secondary N) is 1. The van der Waals surface area contributed by atoms with Gasteiger partial charge in [-0.1, -0.05) is 69.4 Å². The highest BCUT2D eigenvalue weighted by Gasteiger charge is 2.30. The minimum atomic E-state index is -0.0767. The molecule has 1 saturated heterocycles. The van der Waals surface area contributed by atoms with Crippen molar-refractivity contribution in [1.29, 1.82) is 0 Å². The van der Waals surface area contributed by atoms with E-state index in [-0.39, 0.29) is 23.8 Å². The second-order valence-electron chi connectivity index (χ2n) is 8.64. The van der Waals surface area contributed by atoms with Crippen LogP contribution in [0.1, 0.15) is 82.7 Å². The molecular weight excluding hydrogens is 348 g/mol. The molecular formula is C24H36N2O2. The van der Waals surface area contributed by atoms with E-state index in [1.54, 1.807) is 0 Å². The minimum absolute atomic E-state index is 0.0767. The summed E-state index contributed by atoms with van der Waals surface area (Å²) in [6.45, 7) is 3.41. The third-order valence-electron chi connectivity index (χ3n) is 6.42. The van der Waals surface area contributed by atoms with Gasteiger partial charge in [0.05, 0.1) is 12.0 Å². The number of amides is 2. The molecule has 1 aromatic rings. The van der Waals surface area contributed by atoms with Crippen LogP contribution in [0.25, 0.3) is 0 Å². The first-order valence-corrected chi connectivity index (χ1v) is 11.3. The Labute approximate surface area is 170 Å². The average molecular weight is 385 g/mol. The second kappa shape index (κ2) is 10.6. The maximum absolute atomic E-state index is 13.1. The van der Waals surface area contributed by atoms with Gasteiger partial charge in [-0.3, -0.25) is 9.59 Å². The Balaban J connectivity index is 1.63. The van der Waals surface area contributed by atoms with Crippen LogP contribution in [-0.4, -0.2) is 29.8 Å². The first kappa shape index (κ1) is 20.9. The van der Waals surface area contributed by atoms with Crippen molar-refractivity contribution in [2.75, 3.05) is 13.1 Å². The maximum atomic E-state index is 13.1. The molecule has 2 fully saturated rings. The summed E-state index contributed by atoms with van der Waals surface area (Å²) in [7, 11) is 0. The molecule has 2 atom stereocenters. The van der Waals surface area contributed by atoms with Crippen LogP contribution >= 0.6 is 0 Å². The molecule has 2 unspecified atom stereocenters. The van der Waals surface area contributed by atoms with Crippen LogP contribution in [0.15, 0.2) is 30.3 Å². The van der Waals surface area contributed by atoms with E-state index in [2.05, 4.69) is 29.6 Å². The number of hydrogen-bond acceptors (Lipinski definition) is 2. The predicted molar refractivity (Wildman–Crippen MR) is 113 cm³/mol. The van der Waals surface area contributed by atoms with Gasteiger partial charge in [-0.15, -0.1) is 0 Å². The van der Waals surface area contributed by atoms with Crippen molar-refractivity contribution in [2.45, 2.75) is 77.2 Å². The average Bonchev–Trinajstić information content (AvgIpc) is 2.75. The molecule has 1 saturated carbocycles. The van der Waals surface area contributed by atoms with Crippen LogP contribution < -0.4 is 5.32 Å². The van der Waals surface area contributed by atoms with E-state index in [1.165, 1.54) is 37.7 Å². The second-order valence-corrected chi connectivity index (χ2v) is 8.64. The van der Waals surface area contributed by atoms with Crippen molar-refractivity contribution in [3.8, 4) is 0 Å². The number of rotatable bonds is 7. The van der Waals surface area contributed by atoms with Crippen molar-refractivity contribution in [2.24, 2.45) is 11.8 Å². The fourth-order valence-electron chi connectivity index (χ4n) is 4.80. The Bertz CT molecular complexity index is 625. The van der Waals surface area contributed by atoms with Gasteiger partial charge >= 0.3 is 0 Å². The van der Waals surface area contributed by atoms with Gasteiger partial charge in [0.15, 0.2) is 0 Å². The molecule has 1 aliphatic heterocycles. The largest absolute Gasteiger partial charge is 0.349 e. The summed E-state index contributed by atoms with van der Waals surface area (Å²) < 4.78 is 0. The van der Waals surface area contributed by atoms with Gasteiger partial charge < -0.3 is 10.2 Å². The number of nitrogens with zero attached hydrogens (tertiary/aromatic N) is 1. The van der Waals surface area contributed by atoms with Crippen molar-refractivity contribution in [3.05, 3.63) is 35.9 Å². The molecule has 154 valence electrons. The summed E-state index contributed by atoms with van der Waals surface area (Å²) in [5.41, 5.74) is 1.20.